The number of halogens is 1. The molecule has 1 saturated carbocycles. The predicted molar refractivity (Wildman–Crippen MR) is 78.0 cm³/mol. The third-order valence-corrected chi connectivity index (χ3v) is 3.57. The number of hydrogen-bond donors (Lipinski definition) is 1. The van der Waals surface area contributed by atoms with Crippen LogP contribution in [0.3, 0.4) is 0 Å². The molecule has 6 heteroatoms. The van der Waals surface area contributed by atoms with Crippen molar-refractivity contribution < 1.29 is 4.79 Å². The summed E-state index contributed by atoms with van der Waals surface area (Å²) in [5, 5.41) is 3.10. The minimum Gasteiger partial charge on any atom is -0.352 e. The molecule has 1 aromatic rings. The average Bonchev–Trinajstić information content (AvgIpc) is 3.16. The van der Waals surface area contributed by atoms with E-state index in [2.05, 4.69) is 17.2 Å². The molecule has 1 aliphatic carbocycles. The average molecular weight is 298 g/mol. The predicted octanol–water partition coefficient (Wildman–Crippen LogP) is 2.08. The van der Waals surface area contributed by atoms with E-state index in [1.54, 1.807) is 0 Å². The highest BCUT2D eigenvalue weighted by atomic mass is 35.5. The van der Waals surface area contributed by atoms with E-state index in [1.807, 2.05) is 6.92 Å². The van der Waals surface area contributed by atoms with E-state index in [9.17, 15) is 9.59 Å². The molecule has 0 spiro atoms. The van der Waals surface area contributed by atoms with Crippen molar-refractivity contribution in [2.75, 3.05) is 0 Å². The van der Waals surface area contributed by atoms with Gasteiger partial charge in [-0.15, -0.1) is 0 Å². The van der Waals surface area contributed by atoms with Crippen LogP contribution in [0.5, 0.6) is 0 Å². The van der Waals surface area contributed by atoms with E-state index in [4.69, 9.17) is 11.6 Å². The molecule has 5 nitrogen and oxygen atoms in total. The molecule has 0 aliphatic heterocycles. The fourth-order valence-electron chi connectivity index (χ4n) is 2.28. The van der Waals surface area contributed by atoms with Crippen LogP contribution in [0.4, 0.5) is 0 Å². The summed E-state index contributed by atoms with van der Waals surface area (Å²) >= 11 is 5.83. The van der Waals surface area contributed by atoms with Gasteiger partial charge < -0.3 is 5.32 Å². The Morgan fingerprint density at radius 3 is 2.90 bits per heavy atom. The quantitative estimate of drug-likeness (QED) is 0.818. The van der Waals surface area contributed by atoms with E-state index >= 15 is 0 Å². The van der Waals surface area contributed by atoms with Gasteiger partial charge in [0.2, 0.25) is 5.91 Å². The summed E-state index contributed by atoms with van der Waals surface area (Å²) in [6.07, 6.45) is 3.94. The minimum absolute atomic E-state index is 0.0168. The number of nitrogens with zero attached hydrogens (tertiary/aromatic N) is 2. The first-order valence-electron chi connectivity index (χ1n) is 7.08. The summed E-state index contributed by atoms with van der Waals surface area (Å²) in [6, 6.07) is 1.38. The van der Waals surface area contributed by atoms with Crippen LogP contribution >= 0.6 is 11.6 Å². The normalized spacial score (nSPS) is 15.9. The summed E-state index contributed by atoms with van der Waals surface area (Å²) in [7, 11) is 0. The third kappa shape index (κ3) is 3.82. The second kappa shape index (κ2) is 6.39. The third-order valence-electron chi connectivity index (χ3n) is 3.38. The van der Waals surface area contributed by atoms with Gasteiger partial charge in [-0.05, 0) is 26.2 Å². The lowest BCUT2D eigenvalue weighted by atomic mass is 10.2. The molecule has 0 saturated heterocycles. The molecule has 1 aliphatic rings. The smallest absolute Gasteiger partial charge is 0.255 e. The first-order chi connectivity index (χ1) is 9.51. The molecular weight excluding hydrogens is 278 g/mol. The Labute approximate surface area is 123 Å². The Morgan fingerprint density at radius 1 is 1.60 bits per heavy atom. The lowest BCUT2D eigenvalue weighted by Crippen LogP contribution is -2.38. The van der Waals surface area contributed by atoms with E-state index < -0.39 is 0 Å². The van der Waals surface area contributed by atoms with Gasteiger partial charge in [-0.2, -0.15) is 0 Å². The standard InChI is InChI=1S/C14H20ClN3O2/c1-3-4-9(2)16-12(19)8-18-13(20)7-11(15)17-14(18)10-5-6-10/h7,9-10H,3-6,8H2,1-2H3,(H,16,19). The van der Waals surface area contributed by atoms with Crippen LogP contribution in [0, 0.1) is 0 Å². The van der Waals surface area contributed by atoms with Gasteiger partial charge >= 0.3 is 0 Å². The van der Waals surface area contributed by atoms with Crippen LogP contribution in [0.15, 0.2) is 10.9 Å². The van der Waals surface area contributed by atoms with Gasteiger partial charge in [0.15, 0.2) is 0 Å². The first-order valence-corrected chi connectivity index (χ1v) is 7.45. The maximum Gasteiger partial charge on any atom is 0.255 e. The van der Waals surface area contributed by atoms with E-state index in [1.165, 1.54) is 10.6 Å². The highest BCUT2D eigenvalue weighted by Crippen LogP contribution is 2.38. The van der Waals surface area contributed by atoms with Crippen molar-refractivity contribution in [1.29, 1.82) is 0 Å². The van der Waals surface area contributed by atoms with Gasteiger partial charge in [0.25, 0.3) is 5.56 Å². The molecule has 1 heterocycles. The summed E-state index contributed by atoms with van der Waals surface area (Å²) in [6.45, 7) is 4.05. The topological polar surface area (TPSA) is 64.0 Å². The zero-order valence-corrected chi connectivity index (χ0v) is 12.6. The van der Waals surface area contributed by atoms with Crippen molar-refractivity contribution in [3.05, 3.63) is 27.4 Å². The second-order valence-electron chi connectivity index (χ2n) is 5.39. The number of rotatable bonds is 6. The molecule has 1 fully saturated rings. The summed E-state index contributed by atoms with van der Waals surface area (Å²) in [4.78, 5) is 28.2. The molecule has 1 aromatic heterocycles. The number of carbonyl (C=O) groups excluding carboxylic acids is 1. The monoisotopic (exact) mass is 297 g/mol. The van der Waals surface area contributed by atoms with Gasteiger partial charge in [-0.1, -0.05) is 24.9 Å². The fraction of sp³-hybridized carbons (Fsp3) is 0.643. The number of aromatic nitrogens is 2. The Kier molecular flexibility index (Phi) is 4.81. The first kappa shape index (κ1) is 15.0. The molecule has 0 aromatic carbocycles. The van der Waals surface area contributed by atoms with Crippen molar-refractivity contribution in [3.8, 4) is 0 Å². The van der Waals surface area contributed by atoms with E-state index in [0.717, 1.165) is 25.7 Å². The van der Waals surface area contributed by atoms with Crippen LogP contribution in [-0.4, -0.2) is 21.5 Å². The fourth-order valence-corrected chi connectivity index (χ4v) is 2.46. The molecule has 0 bridgehead atoms. The minimum atomic E-state index is -0.259. The lowest BCUT2D eigenvalue weighted by Gasteiger charge is -2.15. The van der Waals surface area contributed by atoms with Crippen LogP contribution in [0.1, 0.15) is 51.3 Å². The van der Waals surface area contributed by atoms with Crippen molar-refractivity contribution >= 4 is 17.5 Å². The Morgan fingerprint density at radius 2 is 2.30 bits per heavy atom. The summed E-state index contributed by atoms with van der Waals surface area (Å²) in [5.74, 6) is 0.752. The molecule has 1 amide bonds. The van der Waals surface area contributed by atoms with Crippen molar-refractivity contribution in [3.63, 3.8) is 0 Å². The van der Waals surface area contributed by atoms with Crippen LogP contribution in [0.2, 0.25) is 5.15 Å². The highest BCUT2D eigenvalue weighted by Gasteiger charge is 2.29. The number of amides is 1. The molecule has 1 atom stereocenters. The van der Waals surface area contributed by atoms with E-state index in [-0.39, 0.29) is 35.1 Å². The summed E-state index contributed by atoms with van der Waals surface area (Å²) < 4.78 is 1.44. The van der Waals surface area contributed by atoms with Crippen LogP contribution < -0.4 is 10.9 Å². The van der Waals surface area contributed by atoms with Gasteiger partial charge in [0, 0.05) is 18.0 Å². The zero-order chi connectivity index (χ0) is 14.7. The lowest BCUT2D eigenvalue weighted by molar-refractivity contribution is -0.122. The number of hydrogen-bond acceptors (Lipinski definition) is 3. The largest absolute Gasteiger partial charge is 0.352 e. The van der Waals surface area contributed by atoms with Crippen molar-refractivity contribution in [2.24, 2.45) is 0 Å². The van der Waals surface area contributed by atoms with Crippen LogP contribution in [-0.2, 0) is 11.3 Å². The SMILES string of the molecule is CCCC(C)NC(=O)Cn1c(C2CC2)nc(Cl)cc1=O. The van der Waals surface area contributed by atoms with Gasteiger partial charge in [-0.3, -0.25) is 14.2 Å². The highest BCUT2D eigenvalue weighted by molar-refractivity contribution is 6.29. The van der Waals surface area contributed by atoms with Gasteiger partial charge in [-0.25, -0.2) is 4.98 Å². The van der Waals surface area contributed by atoms with Crippen LogP contribution in [0.25, 0.3) is 0 Å². The van der Waals surface area contributed by atoms with Gasteiger partial charge in [0.1, 0.15) is 17.5 Å². The zero-order valence-electron chi connectivity index (χ0n) is 11.9. The maximum absolute atomic E-state index is 12.0. The van der Waals surface area contributed by atoms with Gasteiger partial charge in [0.05, 0.1) is 0 Å². The molecule has 1 unspecified atom stereocenters. The Bertz CT molecular complexity index is 552. The second-order valence-corrected chi connectivity index (χ2v) is 5.78. The summed E-state index contributed by atoms with van der Waals surface area (Å²) in [5.41, 5.74) is -0.259. The molecule has 0 radical (unpaired) electrons. The van der Waals surface area contributed by atoms with E-state index in [0.29, 0.717) is 5.82 Å². The molecular formula is C14H20ClN3O2. The molecule has 20 heavy (non-hydrogen) atoms. The molecule has 2 rings (SSSR count). The molecule has 1 N–H and O–H groups in total. The number of nitrogens with one attached hydrogen (secondary N) is 1. The number of carbonyl (C=O) groups is 1. The molecule has 110 valence electrons. The van der Waals surface area contributed by atoms with Crippen molar-refractivity contribution in [2.45, 2.75) is 58.0 Å². The maximum atomic E-state index is 12.0. The van der Waals surface area contributed by atoms with Crippen molar-refractivity contribution in [1.82, 2.24) is 14.9 Å². The Balaban J connectivity index is 2.12. The Hall–Kier alpha value is -1.36.